The average molecular weight is 232 g/mol. The molecule has 1 nitrogen and oxygen atoms in total. The Morgan fingerprint density at radius 1 is 1.13 bits per heavy atom. The second-order valence-electron chi connectivity index (χ2n) is 6.07. The smallest absolute Gasteiger partial charge is 0.00103 e. The van der Waals surface area contributed by atoms with Gasteiger partial charge < -0.3 is 0 Å². The van der Waals surface area contributed by atoms with Crippen LogP contribution in [-0.2, 0) is 9.93 Å². The highest BCUT2D eigenvalue weighted by Crippen LogP contribution is 2.33. The van der Waals surface area contributed by atoms with Crippen molar-refractivity contribution in [3.8, 4) is 0 Å². The lowest BCUT2D eigenvalue weighted by Crippen LogP contribution is -2.16. The average Bonchev–Trinajstić information content (AvgIpc) is 2.25. The minimum atomic E-state index is -1.78. The fourth-order valence-corrected chi connectivity index (χ4v) is 3.63. The molecule has 3 atom stereocenters. The Morgan fingerprint density at radius 2 is 1.80 bits per heavy atom. The molecule has 0 aromatic heterocycles. The SMILES string of the molecule is CC1CCCC(CC[SH](C)(C)=O)CC1C. The molecule has 0 aromatic carbocycles. The van der Waals surface area contributed by atoms with Gasteiger partial charge in [0, 0.05) is 5.75 Å². The summed E-state index contributed by atoms with van der Waals surface area (Å²) in [6.45, 7) is 4.78. The lowest BCUT2D eigenvalue weighted by molar-refractivity contribution is 0.327. The van der Waals surface area contributed by atoms with Gasteiger partial charge in [0.15, 0.2) is 0 Å². The first-order chi connectivity index (χ1) is 6.88. The third-order valence-electron chi connectivity index (χ3n) is 4.02. The van der Waals surface area contributed by atoms with Crippen molar-refractivity contribution in [2.24, 2.45) is 17.8 Å². The second-order valence-corrected chi connectivity index (χ2v) is 9.67. The van der Waals surface area contributed by atoms with Crippen LogP contribution in [0.3, 0.4) is 0 Å². The molecule has 0 saturated heterocycles. The minimum absolute atomic E-state index is 0.846. The number of hydrogen-bond acceptors (Lipinski definition) is 1. The van der Waals surface area contributed by atoms with Crippen molar-refractivity contribution in [3.63, 3.8) is 0 Å². The van der Waals surface area contributed by atoms with Crippen LogP contribution in [0.2, 0.25) is 0 Å². The molecule has 0 spiro atoms. The van der Waals surface area contributed by atoms with E-state index in [2.05, 4.69) is 13.8 Å². The fraction of sp³-hybridized carbons (Fsp3) is 1.00. The highest BCUT2D eigenvalue weighted by molar-refractivity contribution is 8.01. The zero-order valence-electron chi connectivity index (χ0n) is 10.8. The normalized spacial score (nSPS) is 34.8. The van der Waals surface area contributed by atoms with Crippen molar-refractivity contribution < 1.29 is 4.21 Å². The van der Waals surface area contributed by atoms with Crippen molar-refractivity contribution in [3.05, 3.63) is 0 Å². The summed E-state index contributed by atoms with van der Waals surface area (Å²) in [4.78, 5) is 0. The Bertz CT molecular complexity index is 231. The predicted octanol–water partition coefficient (Wildman–Crippen LogP) is 3.12. The van der Waals surface area contributed by atoms with E-state index in [0.29, 0.717) is 0 Å². The molecule has 0 heterocycles. The molecule has 0 bridgehead atoms. The maximum absolute atomic E-state index is 11.7. The highest BCUT2D eigenvalue weighted by Gasteiger charge is 2.22. The number of rotatable bonds is 3. The van der Waals surface area contributed by atoms with Crippen molar-refractivity contribution in [2.45, 2.75) is 46.0 Å². The summed E-state index contributed by atoms with van der Waals surface area (Å²) in [7, 11) is -1.78. The third kappa shape index (κ3) is 5.14. The molecule has 3 unspecified atom stereocenters. The molecule has 1 saturated carbocycles. The van der Waals surface area contributed by atoms with Crippen molar-refractivity contribution in [1.82, 2.24) is 0 Å². The lowest BCUT2D eigenvalue weighted by atomic mass is 9.88. The van der Waals surface area contributed by atoms with Crippen LogP contribution in [0.15, 0.2) is 0 Å². The van der Waals surface area contributed by atoms with Gasteiger partial charge in [0.2, 0.25) is 0 Å². The minimum Gasteiger partial charge on any atom is -0.285 e. The molecule has 15 heavy (non-hydrogen) atoms. The van der Waals surface area contributed by atoms with Gasteiger partial charge in [-0.3, -0.25) is 4.21 Å². The molecule has 0 N–H and O–H groups in total. The largest absolute Gasteiger partial charge is 0.285 e. The van der Waals surface area contributed by atoms with E-state index in [1.807, 2.05) is 12.5 Å². The summed E-state index contributed by atoms with van der Waals surface area (Å²) < 4.78 is 11.7. The van der Waals surface area contributed by atoms with Gasteiger partial charge in [0.25, 0.3) is 0 Å². The predicted molar refractivity (Wildman–Crippen MR) is 71.2 cm³/mol. The van der Waals surface area contributed by atoms with Crippen molar-refractivity contribution >= 4 is 9.93 Å². The maximum atomic E-state index is 11.7. The molecule has 2 heteroatoms. The van der Waals surface area contributed by atoms with E-state index in [1.54, 1.807) is 0 Å². The van der Waals surface area contributed by atoms with Crippen LogP contribution in [-0.4, -0.2) is 22.5 Å². The first kappa shape index (κ1) is 13.2. The van der Waals surface area contributed by atoms with Crippen LogP contribution in [0.1, 0.15) is 46.0 Å². The van der Waals surface area contributed by atoms with Crippen LogP contribution in [0.25, 0.3) is 0 Å². The quantitative estimate of drug-likeness (QED) is 0.584. The van der Waals surface area contributed by atoms with Gasteiger partial charge in [0.1, 0.15) is 0 Å². The van der Waals surface area contributed by atoms with Crippen LogP contribution >= 0.6 is 0 Å². The van der Waals surface area contributed by atoms with Crippen LogP contribution in [0.5, 0.6) is 0 Å². The van der Waals surface area contributed by atoms with Crippen LogP contribution in [0.4, 0.5) is 0 Å². The molecule has 92 valence electrons. The van der Waals surface area contributed by atoms with E-state index >= 15 is 0 Å². The highest BCUT2D eigenvalue weighted by atomic mass is 32.2. The van der Waals surface area contributed by atoms with Crippen LogP contribution < -0.4 is 0 Å². The first-order valence-electron chi connectivity index (χ1n) is 6.42. The van der Waals surface area contributed by atoms with E-state index in [0.717, 1.165) is 23.5 Å². The zero-order chi connectivity index (χ0) is 11.5. The Hall–Kier alpha value is 0.150. The van der Waals surface area contributed by atoms with Gasteiger partial charge in [0.05, 0.1) is 0 Å². The Balaban J connectivity index is 2.39. The molecule has 1 aliphatic carbocycles. The standard InChI is InChI=1S/C13H28OS/c1-11-6-5-7-13(10-12(11)2)8-9-15(3,4)14/h11-13,15H,5-10H2,1-4H3. The van der Waals surface area contributed by atoms with Gasteiger partial charge in [-0.1, -0.05) is 33.1 Å². The monoisotopic (exact) mass is 232 g/mol. The Morgan fingerprint density at radius 3 is 2.40 bits per heavy atom. The molecule has 0 radical (unpaired) electrons. The fourth-order valence-electron chi connectivity index (χ4n) is 2.64. The van der Waals surface area contributed by atoms with E-state index in [-0.39, 0.29) is 0 Å². The van der Waals surface area contributed by atoms with Gasteiger partial charge in [-0.15, -0.1) is 9.93 Å². The summed E-state index contributed by atoms with van der Waals surface area (Å²) in [5.41, 5.74) is 0. The van der Waals surface area contributed by atoms with Gasteiger partial charge in [-0.05, 0) is 43.1 Å². The Kier molecular flexibility index (Phi) is 4.82. The first-order valence-corrected chi connectivity index (χ1v) is 9.21. The zero-order valence-corrected chi connectivity index (χ0v) is 11.7. The summed E-state index contributed by atoms with van der Waals surface area (Å²) in [5, 5.41) is 0. The summed E-state index contributed by atoms with van der Waals surface area (Å²) in [6, 6.07) is 0. The maximum Gasteiger partial charge on any atom is 0.00103 e. The van der Waals surface area contributed by atoms with Gasteiger partial charge in [-0.25, -0.2) is 0 Å². The number of thiol groups is 1. The second kappa shape index (κ2) is 5.47. The molecule has 1 aliphatic rings. The number of hydrogen-bond donors (Lipinski definition) is 1. The summed E-state index contributed by atoms with van der Waals surface area (Å²) in [6.07, 6.45) is 10.6. The van der Waals surface area contributed by atoms with Crippen molar-refractivity contribution in [1.29, 1.82) is 0 Å². The molecule has 1 fully saturated rings. The molecular weight excluding hydrogens is 204 g/mol. The molecule has 0 aliphatic heterocycles. The topological polar surface area (TPSA) is 17.1 Å². The van der Waals surface area contributed by atoms with Gasteiger partial charge in [-0.2, -0.15) is 0 Å². The summed E-state index contributed by atoms with van der Waals surface area (Å²) in [5.74, 6) is 3.56. The van der Waals surface area contributed by atoms with E-state index in [9.17, 15) is 4.21 Å². The molecule has 0 amide bonds. The van der Waals surface area contributed by atoms with E-state index < -0.39 is 9.93 Å². The lowest BCUT2D eigenvalue weighted by Gasteiger charge is -2.21. The summed E-state index contributed by atoms with van der Waals surface area (Å²) >= 11 is 0. The van der Waals surface area contributed by atoms with E-state index in [1.165, 1.54) is 32.1 Å². The molecular formula is C13H28OS. The molecule has 0 aromatic rings. The van der Waals surface area contributed by atoms with Crippen molar-refractivity contribution in [2.75, 3.05) is 18.3 Å². The third-order valence-corrected chi connectivity index (χ3v) is 5.36. The molecule has 1 rings (SSSR count). The van der Waals surface area contributed by atoms with Crippen LogP contribution in [0, 0.1) is 17.8 Å². The van der Waals surface area contributed by atoms with Gasteiger partial charge >= 0.3 is 0 Å². The Labute approximate surface area is 96.5 Å². The van der Waals surface area contributed by atoms with E-state index in [4.69, 9.17) is 0 Å².